The molecular formula is C10H7N3O2. The molecule has 0 aliphatic heterocycles. The third-order valence-electron chi connectivity index (χ3n) is 2.36. The molecule has 0 aliphatic carbocycles. The van der Waals surface area contributed by atoms with Crippen molar-refractivity contribution in [3.05, 3.63) is 51.0 Å². The maximum absolute atomic E-state index is 11.6. The molecule has 2 N–H and O–H groups in total. The summed E-state index contributed by atoms with van der Waals surface area (Å²) in [5.41, 5.74) is 1.25. The third-order valence-corrected chi connectivity index (χ3v) is 2.36. The Labute approximate surface area is 83.0 Å². The number of nitrogens with one attached hydrogen (secondary N) is 2. The van der Waals surface area contributed by atoms with Crippen LogP contribution in [-0.4, -0.2) is 14.6 Å². The Bertz CT molecular complexity index is 763. The van der Waals surface area contributed by atoms with E-state index in [2.05, 4.69) is 10.1 Å². The first-order valence-corrected chi connectivity index (χ1v) is 4.48. The van der Waals surface area contributed by atoms with Crippen LogP contribution in [0.15, 0.2) is 39.9 Å². The van der Waals surface area contributed by atoms with Gasteiger partial charge in [0.1, 0.15) is 5.52 Å². The SMILES string of the molecule is O=c1cc2c(=O)[nH]c3ccccc3n2[nH]1. The van der Waals surface area contributed by atoms with Crippen molar-refractivity contribution in [1.29, 1.82) is 0 Å². The van der Waals surface area contributed by atoms with Gasteiger partial charge < -0.3 is 4.98 Å². The lowest BCUT2D eigenvalue weighted by atomic mass is 10.3. The van der Waals surface area contributed by atoms with Gasteiger partial charge in [-0.2, -0.15) is 0 Å². The number of rotatable bonds is 0. The minimum Gasteiger partial charge on any atom is -0.319 e. The number of H-pyrrole nitrogens is 2. The van der Waals surface area contributed by atoms with Gasteiger partial charge in [-0.25, -0.2) is 4.52 Å². The summed E-state index contributed by atoms with van der Waals surface area (Å²) in [7, 11) is 0. The van der Waals surface area contributed by atoms with Gasteiger partial charge in [0.25, 0.3) is 11.1 Å². The van der Waals surface area contributed by atoms with Crippen LogP contribution in [0.5, 0.6) is 0 Å². The highest BCUT2D eigenvalue weighted by atomic mass is 16.1. The Morgan fingerprint density at radius 1 is 1.07 bits per heavy atom. The first kappa shape index (κ1) is 8.05. The number of para-hydroxylation sites is 2. The predicted molar refractivity (Wildman–Crippen MR) is 56.1 cm³/mol. The summed E-state index contributed by atoms with van der Waals surface area (Å²) < 4.78 is 1.50. The highest BCUT2D eigenvalue weighted by Gasteiger charge is 2.04. The maximum Gasteiger partial charge on any atom is 0.274 e. The molecule has 0 saturated heterocycles. The lowest BCUT2D eigenvalue weighted by molar-refractivity contribution is 0.963. The van der Waals surface area contributed by atoms with Crippen LogP contribution in [0.25, 0.3) is 16.6 Å². The van der Waals surface area contributed by atoms with Crippen LogP contribution in [0.2, 0.25) is 0 Å². The summed E-state index contributed by atoms with van der Waals surface area (Å²) in [6, 6.07) is 8.57. The second-order valence-corrected chi connectivity index (χ2v) is 3.31. The van der Waals surface area contributed by atoms with Crippen LogP contribution in [0.4, 0.5) is 0 Å². The predicted octanol–water partition coefficient (Wildman–Crippen LogP) is 0.469. The van der Waals surface area contributed by atoms with Crippen LogP contribution >= 0.6 is 0 Å². The van der Waals surface area contributed by atoms with Gasteiger partial charge in [0.05, 0.1) is 11.0 Å². The Morgan fingerprint density at radius 2 is 1.87 bits per heavy atom. The molecule has 0 atom stereocenters. The van der Waals surface area contributed by atoms with Crippen molar-refractivity contribution in [3.63, 3.8) is 0 Å². The van der Waals surface area contributed by atoms with E-state index in [9.17, 15) is 9.59 Å². The molecule has 3 rings (SSSR count). The number of aromatic nitrogens is 3. The van der Waals surface area contributed by atoms with Gasteiger partial charge >= 0.3 is 0 Å². The average molecular weight is 201 g/mol. The largest absolute Gasteiger partial charge is 0.319 e. The molecule has 0 saturated carbocycles. The average Bonchev–Trinajstić information content (AvgIpc) is 2.61. The van der Waals surface area contributed by atoms with Crippen molar-refractivity contribution in [2.75, 3.05) is 0 Å². The van der Waals surface area contributed by atoms with Crippen molar-refractivity contribution >= 4 is 16.6 Å². The number of aromatic amines is 2. The maximum atomic E-state index is 11.6. The Hall–Kier alpha value is -2.30. The summed E-state index contributed by atoms with van der Waals surface area (Å²) in [6.07, 6.45) is 0. The molecule has 0 bridgehead atoms. The summed E-state index contributed by atoms with van der Waals surface area (Å²) in [6.45, 7) is 0. The second kappa shape index (κ2) is 2.60. The van der Waals surface area contributed by atoms with E-state index in [0.29, 0.717) is 11.0 Å². The first-order chi connectivity index (χ1) is 7.25. The molecule has 74 valence electrons. The molecule has 0 unspecified atom stereocenters. The number of nitrogens with zero attached hydrogens (tertiary/aromatic N) is 1. The van der Waals surface area contributed by atoms with Gasteiger partial charge in [-0.3, -0.25) is 14.7 Å². The van der Waals surface area contributed by atoms with Gasteiger partial charge in [0, 0.05) is 6.07 Å². The molecule has 5 heteroatoms. The molecular weight excluding hydrogens is 194 g/mol. The van der Waals surface area contributed by atoms with Gasteiger partial charge in [-0.05, 0) is 12.1 Å². The molecule has 5 nitrogen and oxygen atoms in total. The minimum absolute atomic E-state index is 0.271. The van der Waals surface area contributed by atoms with Gasteiger partial charge in [-0.1, -0.05) is 12.1 Å². The zero-order chi connectivity index (χ0) is 10.4. The van der Waals surface area contributed by atoms with Crippen LogP contribution < -0.4 is 11.1 Å². The van der Waals surface area contributed by atoms with E-state index >= 15 is 0 Å². The zero-order valence-electron chi connectivity index (χ0n) is 7.65. The van der Waals surface area contributed by atoms with E-state index in [1.54, 1.807) is 6.07 Å². The Kier molecular flexibility index (Phi) is 1.39. The first-order valence-electron chi connectivity index (χ1n) is 4.48. The van der Waals surface area contributed by atoms with E-state index in [-0.39, 0.29) is 11.1 Å². The van der Waals surface area contributed by atoms with E-state index in [1.165, 1.54) is 10.6 Å². The fourth-order valence-corrected chi connectivity index (χ4v) is 1.71. The van der Waals surface area contributed by atoms with E-state index < -0.39 is 0 Å². The molecule has 0 spiro atoms. The van der Waals surface area contributed by atoms with E-state index in [1.807, 2.05) is 18.2 Å². The fraction of sp³-hybridized carbons (Fsp3) is 0. The lowest BCUT2D eigenvalue weighted by Gasteiger charge is -2.00. The quantitative estimate of drug-likeness (QED) is 0.555. The summed E-state index contributed by atoms with van der Waals surface area (Å²) in [5, 5.41) is 2.58. The van der Waals surface area contributed by atoms with Crippen LogP contribution in [0.3, 0.4) is 0 Å². The number of hydrogen-bond acceptors (Lipinski definition) is 2. The molecule has 0 radical (unpaired) electrons. The monoisotopic (exact) mass is 201 g/mol. The molecule has 2 aromatic heterocycles. The number of fused-ring (bicyclic) bond motifs is 3. The van der Waals surface area contributed by atoms with Crippen LogP contribution in [0, 0.1) is 0 Å². The molecule has 0 amide bonds. The van der Waals surface area contributed by atoms with E-state index in [4.69, 9.17) is 0 Å². The summed E-state index contributed by atoms with van der Waals surface area (Å²) in [4.78, 5) is 25.4. The van der Waals surface area contributed by atoms with Crippen molar-refractivity contribution < 1.29 is 0 Å². The topological polar surface area (TPSA) is 70.1 Å². The van der Waals surface area contributed by atoms with Gasteiger partial charge in [-0.15, -0.1) is 0 Å². The molecule has 0 aliphatic rings. The van der Waals surface area contributed by atoms with Crippen molar-refractivity contribution in [3.8, 4) is 0 Å². The smallest absolute Gasteiger partial charge is 0.274 e. The normalized spacial score (nSPS) is 11.2. The van der Waals surface area contributed by atoms with Crippen molar-refractivity contribution in [1.82, 2.24) is 14.6 Å². The number of benzene rings is 1. The van der Waals surface area contributed by atoms with Crippen molar-refractivity contribution in [2.24, 2.45) is 0 Å². The highest BCUT2D eigenvalue weighted by molar-refractivity contribution is 5.77. The number of hydrogen-bond donors (Lipinski definition) is 2. The fourth-order valence-electron chi connectivity index (χ4n) is 1.71. The minimum atomic E-state index is -0.281. The zero-order valence-corrected chi connectivity index (χ0v) is 7.65. The summed E-state index contributed by atoms with van der Waals surface area (Å²) in [5.74, 6) is 0. The lowest BCUT2D eigenvalue weighted by Crippen LogP contribution is -2.10. The summed E-state index contributed by atoms with van der Waals surface area (Å²) >= 11 is 0. The molecule has 3 aromatic rings. The standard InChI is InChI=1S/C10H7N3O2/c14-9-5-8-10(15)11-6-3-1-2-4-7(6)13(8)12-9/h1-5H,(H,11,15)(H,12,14). The second-order valence-electron chi connectivity index (χ2n) is 3.31. The molecule has 15 heavy (non-hydrogen) atoms. The molecule has 0 fully saturated rings. The Balaban J connectivity index is 2.75. The van der Waals surface area contributed by atoms with Gasteiger partial charge in [0.2, 0.25) is 0 Å². The van der Waals surface area contributed by atoms with E-state index in [0.717, 1.165) is 5.52 Å². The van der Waals surface area contributed by atoms with Gasteiger partial charge in [0.15, 0.2) is 0 Å². The molecule has 2 heterocycles. The van der Waals surface area contributed by atoms with Crippen LogP contribution in [0.1, 0.15) is 0 Å². The highest BCUT2D eigenvalue weighted by Crippen LogP contribution is 2.08. The van der Waals surface area contributed by atoms with Crippen LogP contribution in [-0.2, 0) is 0 Å². The van der Waals surface area contributed by atoms with Crippen molar-refractivity contribution in [2.45, 2.75) is 0 Å². The Morgan fingerprint density at radius 3 is 2.73 bits per heavy atom. The third kappa shape index (κ3) is 1.03. The molecule has 1 aromatic carbocycles.